The third-order valence-corrected chi connectivity index (χ3v) is 4.37. The first-order valence-corrected chi connectivity index (χ1v) is 6.76. The average molecular weight is 225 g/mol. The Labute approximate surface area is 95.4 Å². The Morgan fingerprint density at radius 2 is 2.60 bits per heavy atom. The first-order valence-electron chi connectivity index (χ1n) is 5.72. The molecule has 2 N–H and O–H groups in total. The van der Waals surface area contributed by atoms with Crippen molar-refractivity contribution in [2.75, 3.05) is 5.75 Å². The summed E-state index contributed by atoms with van der Waals surface area (Å²) in [5.41, 5.74) is 7.50. The minimum atomic E-state index is 0.159. The Kier molecular flexibility index (Phi) is 3.70. The van der Waals surface area contributed by atoms with Crippen molar-refractivity contribution < 1.29 is 0 Å². The molecule has 1 saturated heterocycles. The molecule has 1 aliphatic rings. The highest BCUT2D eigenvalue weighted by molar-refractivity contribution is 8.00. The molecule has 0 aliphatic carbocycles. The van der Waals surface area contributed by atoms with Gasteiger partial charge in [0.2, 0.25) is 0 Å². The molecule has 1 aromatic rings. The van der Waals surface area contributed by atoms with Gasteiger partial charge in [0.15, 0.2) is 0 Å². The zero-order chi connectivity index (χ0) is 10.7. The number of nitrogens with two attached hydrogens (primary N) is 1. The normalized spacial score (nSPS) is 23.2. The summed E-state index contributed by atoms with van der Waals surface area (Å²) in [7, 11) is 0. The standard InChI is InChI=1S/C11H19N3S/c1-2-7-14-9(5-6-13-14)11(12)10-4-3-8-15-10/h5-6,10-11H,2-4,7-8,12H2,1H3. The van der Waals surface area contributed by atoms with Gasteiger partial charge in [0.25, 0.3) is 0 Å². The van der Waals surface area contributed by atoms with E-state index in [0.29, 0.717) is 5.25 Å². The predicted molar refractivity (Wildman–Crippen MR) is 64.9 cm³/mol. The molecule has 84 valence electrons. The summed E-state index contributed by atoms with van der Waals surface area (Å²) < 4.78 is 2.06. The fourth-order valence-corrected chi connectivity index (χ4v) is 3.42. The number of hydrogen-bond acceptors (Lipinski definition) is 3. The highest BCUT2D eigenvalue weighted by atomic mass is 32.2. The molecular formula is C11H19N3S. The maximum absolute atomic E-state index is 6.29. The van der Waals surface area contributed by atoms with Crippen molar-refractivity contribution in [3.63, 3.8) is 0 Å². The summed E-state index contributed by atoms with van der Waals surface area (Å²) in [5, 5.41) is 4.92. The molecule has 0 radical (unpaired) electrons. The Balaban J connectivity index is 2.09. The molecule has 0 saturated carbocycles. The topological polar surface area (TPSA) is 43.8 Å². The van der Waals surface area contributed by atoms with Gasteiger partial charge in [0.05, 0.1) is 11.7 Å². The van der Waals surface area contributed by atoms with Gasteiger partial charge in [-0.3, -0.25) is 4.68 Å². The molecule has 0 amide bonds. The lowest BCUT2D eigenvalue weighted by atomic mass is 10.1. The van der Waals surface area contributed by atoms with Crippen molar-refractivity contribution in [2.45, 2.75) is 44.0 Å². The monoisotopic (exact) mass is 225 g/mol. The van der Waals surface area contributed by atoms with Crippen molar-refractivity contribution >= 4 is 11.8 Å². The number of aromatic nitrogens is 2. The smallest absolute Gasteiger partial charge is 0.0587 e. The van der Waals surface area contributed by atoms with Crippen molar-refractivity contribution in [1.29, 1.82) is 0 Å². The Morgan fingerprint density at radius 3 is 3.27 bits per heavy atom. The lowest BCUT2D eigenvalue weighted by molar-refractivity contribution is 0.525. The summed E-state index contributed by atoms with van der Waals surface area (Å²) in [5.74, 6) is 1.26. The van der Waals surface area contributed by atoms with Gasteiger partial charge < -0.3 is 5.73 Å². The molecule has 0 aromatic carbocycles. The fraction of sp³-hybridized carbons (Fsp3) is 0.727. The van der Waals surface area contributed by atoms with Crippen LogP contribution in [0.5, 0.6) is 0 Å². The molecule has 2 unspecified atom stereocenters. The van der Waals surface area contributed by atoms with E-state index in [9.17, 15) is 0 Å². The van der Waals surface area contributed by atoms with Crippen LogP contribution in [0.4, 0.5) is 0 Å². The SMILES string of the molecule is CCCn1nccc1C(N)C1CCCS1. The summed E-state index contributed by atoms with van der Waals surface area (Å²) in [6.07, 6.45) is 5.54. The maximum atomic E-state index is 6.29. The number of rotatable bonds is 4. The molecule has 1 aromatic heterocycles. The third kappa shape index (κ3) is 2.37. The zero-order valence-electron chi connectivity index (χ0n) is 9.22. The summed E-state index contributed by atoms with van der Waals surface area (Å²) in [6.45, 7) is 3.15. The summed E-state index contributed by atoms with van der Waals surface area (Å²) in [6, 6.07) is 2.23. The average Bonchev–Trinajstić information content (AvgIpc) is 2.87. The summed E-state index contributed by atoms with van der Waals surface area (Å²) >= 11 is 2.01. The number of aryl methyl sites for hydroxylation is 1. The molecule has 3 nitrogen and oxygen atoms in total. The van der Waals surface area contributed by atoms with Gasteiger partial charge in [-0.1, -0.05) is 6.92 Å². The molecule has 4 heteroatoms. The third-order valence-electron chi connectivity index (χ3n) is 2.89. The van der Waals surface area contributed by atoms with Crippen LogP contribution in [0, 0.1) is 0 Å². The molecular weight excluding hydrogens is 206 g/mol. The van der Waals surface area contributed by atoms with Gasteiger partial charge in [0.1, 0.15) is 0 Å². The van der Waals surface area contributed by atoms with Crippen LogP contribution in [-0.2, 0) is 6.54 Å². The van der Waals surface area contributed by atoms with E-state index in [-0.39, 0.29) is 6.04 Å². The van der Waals surface area contributed by atoms with Crippen LogP contribution in [-0.4, -0.2) is 20.8 Å². The Morgan fingerprint density at radius 1 is 1.73 bits per heavy atom. The second-order valence-electron chi connectivity index (χ2n) is 4.06. The summed E-state index contributed by atoms with van der Waals surface area (Å²) in [4.78, 5) is 0. The lowest BCUT2D eigenvalue weighted by Crippen LogP contribution is -2.25. The number of thioether (sulfide) groups is 1. The second kappa shape index (κ2) is 5.03. The zero-order valence-corrected chi connectivity index (χ0v) is 10.0. The van der Waals surface area contributed by atoms with Gasteiger partial charge in [0, 0.05) is 18.0 Å². The van der Waals surface area contributed by atoms with Crippen LogP contribution < -0.4 is 5.73 Å². The van der Waals surface area contributed by atoms with E-state index in [1.807, 2.05) is 18.0 Å². The highest BCUT2D eigenvalue weighted by Gasteiger charge is 2.25. The van der Waals surface area contributed by atoms with E-state index < -0.39 is 0 Å². The van der Waals surface area contributed by atoms with Crippen LogP contribution in [0.3, 0.4) is 0 Å². The van der Waals surface area contributed by atoms with E-state index in [1.165, 1.54) is 24.3 Å². The quantitative estimate of drug-likeness (QED) is 0.854. The van der Waals surface area contributed by atoms with E-state index in [2.05, 4.69) is 22.8 Å². The number of hydrogen-bond donors (Lipinski definition) is 1. The molecule has 0 spiro atoms. The molecule has 1 aliphatic heterocycles. The van der Waals surface area contributed by atoms with Crippen molar-refractivity contribution in [2.24, 2.45) is 5.73 Å². The molecule has 0 bridgehead atoms. The van der Waals surface area contributed by atoms with Crippen molar-refractivity contribution in [1.82, 2.24) is 9.78 Å². The first-order chi connectivity index (χ1) is 7.33. The van der Waals surface area contributed by atoms with Crippen molar-refractivity contribution in [3.05, 3.63) is 18.0 Å². The van der Waals surface area contributed by atoms with Gasteiger partial charge in [-0.2, -0.15) is 16.9 Å². The minimum Gasteiger partial charge on any atom is -0.322 e. The lowest BCUT2D eigenvalue weighted by Gasteiger charge is -2.19. The Bertz CT molecular complexity index is 305. The van der Waals surface area contributed by atoms with Gasteiger partial charge in [-0.25, -0.2) is 0 Å². The van der Waals surface area contributed by atoms with E-state index >= 15 is 0 Å². The van der Waals surface area contributed by atoms with Gasteiger partial charge >= 0.3 is 0 Å². The molecule has 1 fully saturated rings. The molecule has 2 heterocycles. The van der Waals surface area contributed by atoms with Crippen LogP contribution in [0.15, 0.2) is 12.3 Å². The molecule has 2 atom stereocenters. The predicted octanol–water partition coefficient (Wildman–Crippen LogP) is 2.19. The van der Waals surface area contributed by atoms with Crippen LogP contribution in [0.25, 0.3) is 0 Å². The highest BCUT2D eigenvalue weighted by Crippen LogP contribution is 2.34. The van der Waals surface area contributed by atoms with E-state index in [0.717, 1.165) is 13.0 Å². The van der Waals surface area contributed by atoms with Gasteiger partial charge in [-0.05, 0) is 31.1 Å². The van der Waals surface area contributed by atoms with Crippen molar-refractivity contribution in [3.8, 4) is 0 Å². The first kappa shape index (κ1) is 11.0. The Hall–Kier alpha value is -0.480. The van der Waals surface area contributed by atoms with E-state index in [1.54, 1.807) is 0 Å². The number of nitrogens with zero attached hydrogens (tertiary/aromatic N) is 2. The minimum absolute atomic E-state index is 0.159. The second-order valence-corrected chi connectivity index (χ2v) is 5.40. The maximum Gasteiger partial charge on any atom is 0.0587 e. The van der Waals surface area contributed by atoms with Crippen LogP contribution in [0.2, 0.25) is 0 Å². The van der Waals surface area contributed by atoms with Crippen LogP contribution in [0.1, 0.15) is 37.9 Å². The van der Waals surface area contributed by atoms with E-state index in [4.69, 9.17) is 5.73 Å². The molecule has 2 rings (SSSR count). The van der Waals surface area contributed by atoms with Gasteiger partial charge in [-0.15, -0.1) is 0 Å². The van der Waals surface area contributed by atoms with Crippen LogP contribution >= 0.6 is 11.8 Å². The fourth-order valence-electron chi connectivity index (χ4n) is 2.10. The largest absolute Gasteiger partial charge is 0.322 e. The molecule has 15 heavy (non-hydrogen) atoms.